The van der Waals surface area contributed by atoms with Gasteiger partial charge in [-0.3, -0.25) is 9.59 Å². The number of nitrogens with two attached hydrogens (primary N) is 1. The third-order valence-electron chi connectivity index (χ3n) is 3.28. The number of primary amides is 1. The molecule has 1 heterocycles. The number of nitrogens with zero attached hydrogens (tertiary/aromatic N) is 2. The first-order chi connectivity index (χ1) is 8.36. The number of carbonyl (C=O) groups is 3. The average Bonchev–Trinajstić information content (AvgIpc) is 2.22. The van der Waals surface area contributed by atoms with Crippen LogP contribution >= 0.6 is 0 Å². The highest BCUT2D eigenvalue weighted by Gasteiger charge is 2.38. The van der Waals surface area contributed by atoms with Gasteiger partial charge >= 0.3 is 12.0 Å². The Hall–Kier alpha value is -1.79. The number of carboxylic acids is 1. The molecule has 0 aliphatic carbocycles. The van der Waals surface area contributed by atoms with Crippen molar-refractivity contribution in [2.75, 3.05) is 26.2 Å². The zero-order valence-corrected chi connectivity index (χ0v) is 10.6. The van der Waals surface area contributed by atoms with Gasteiger partial charge in [0.1, 0.15) is 6.54 Å². The normalized spacial score (nSPS) is 16.9. The summed E-state index contributed by atoms with van der Waals surface area (Å²) in [6.45, 7) is 4.53. The van der Waals surface area contributed by atoms with Crippen molar-refractivity contribution in [3.05, 3.63) is 0 Å². The van der Waals surface area contributed by atoms with E-state index in [1.54, 1.807) is 13.8 Å². The summed E-state index contributed by atoms with van der Waals surface area (Å²) in [5, 5.41) is 8.84. The minimum absolute atomic E-state index is 0.0151. The fourth-order valence-corrected chi connectivity index (χ4v) is 1.89. The molecule has 1 unspecified atom stereocenters. The van der Waals surface area contributed by atoms with Crippen molar-refractivity contribution in [1.29, 1.82) is 0 Å². The molecule has 1 atom stereocenters. The Kier molecular flexibility index (Phi) is 4.52. The van der Waals surface area contributed by atoms with Gasteiger partial charge in [-0.2, -0.15) is 0 Å². The van der Waals surface area contributed by atoms with E-state index in [1.165, 1.54) is 9.80 Å². The quantitative estimate of drug-likeness (QED) is 0.697. The Balaban J connectivity index is 2.47. The van der Waals surface area contributed by atoms with Crippen molar-refractivity contribution in [2.24, 2.45) is 17.6 Å². The molecule has 1 aliphatic rings. The van der Waals surface area contributed by atoms with Gasteiger partial charge in [0, 0.05) is 25.6 Å². The number of urea groups is 1. The molecular weight excluding hydrogens is 238 g/mol. The Morgan fingerprint density at radius 3 is 2.39 bits per heavy atom. The maximum Gasteiger partial charge on any atom is 0.320 e. The van der Waals surface area contributed by atoms with Crippen molar-refractivity contribution < 1.29 is 19.5 Å². The molecule has 0 radical (unpaired) electrons. The number of aliphatic carboxylic acids is 1. The van der Waals surface area contributed by atoms with Crippen LogP contribution in [-0.2, 0) is 9.59 Å². The van der Waals surface area contributed by atoms with E-state index in [2.05, 4.69) is 0 Å². The van der Waals surface area contributed by atoms with E-state index in [9.17, 15) is 14.4 Å². The fraction of sp³-hybridized carbons (Fsp3) is 0.727. The number of likely N-dealkylation sites (tertiary alicyclic amines) is 1. The minimum atomic E-state index is -0.850. The van der Waals surface area contributed by atoms with Gasteiger partial charge < -0.3 is 20.6 Å². The molecule has 0 saturated carbocycles. The van der Waals surface area contributed by atoms with Gasteiger partial charge in [0.05, 0.1) is 5.92 Å². The second-order valence-electron chi connectivity index (χ2n) is 4.56. The molecule has 0 spiro atoms. The lowest BCUT2D eigenvalue weighted by Gasteiger charge is -2.43. The Morgan fingerprint density at radius 2 is 2.00 bits per heavy atom. The topological polar surface area (TPSA) is 104 Å². The van der Waals surface area contributed by atoms with Crippen molar-refractivity contribution >= 4 is 17.9 Å². The molecule has 1 saturated heterocycles. The van der Waals surface area contributed by atoms with Crippen molar-refractivity contribution in [1.82, 2.24) is 9.80 Å². The molecule has 3 N–H and O–H groups in total. The number of rotatable bonds is 5. The maximum atomic E-state index is 11.9. The van der Waals surface area contributed by atoms with Crippen LogP contribution in [0.1, 0.15) is 13.8 Å². The number of carbonyl (C=O) groups excluding carboxylic acids is 2. The number of likely N-dealkylation sites (N-methyl/N-ethyl adjacent to an activating group) is 1. The van der Waals surface area contributed by atoms with Crippen LogP contribution in [0.2, 0.25) is 0 Å². The van der Waals surface area contributed by atoms with Gasteiger partial charge in [0.15, 0.2) is 0 Å². The van der Waals surface area contributed by atoms with E-state index >= 15 is 0 Å². The predicted molar refractivity (Wildman–Crippen MR) is 63.7 cm³/mol. The fourth-order valence-electron chi connectivity index (χ4n) is 1.89. The van der Waals surface area contributed by atoms with Gasteiger partial charge in [-0.1, -0.05) is 6.92 Å². The molecule has 1 aliphatic heterocycles. The number of amides is 3. The van der Waals surface area contributed by atoms with Crippen LogP contribution in [0.15, 0.2) is 0 Å². The van der Waals surface area contributed by atoms with E-state index in [0.717, 1.165) is 0 Å². The third kappa shape index (κ3) is 3.12. The molecule has 18 heavy (non-hydrogen) atoms. The molecule has 3 amide bonds. The molecule has 0 aromatic rings. The third-order valence-corrected chi connectivity index (χ3v) is 3.28. The summed E-state index contributed by atoms with van der Waals surface area (Å²) >= 11 is 0. The lowest BCUT2D eigenvalue weighted by atomic mass is 9.87. The predicted octanol–water partition coefficient (Wildman–Crippen LogP) is -0.434. The van der Waals surface area contributed by atoms with E-state index in [1.807, 2.05) is 0 Å². The summed E-state index contributed by atoms with van der Waals surface area (Å²) in [6.07, 6.45) is 0. The number of carboxylic acid groups (broad SMARTS) is 1. The second-order valence-corrected chi connectivity index (χ2v) is 4.56. The average molecular weight is 257 g/mol. The van der Waals surface area contributed by atoms with E-state index in [0.29, 0.717) is 19.6 Å². The van der Waals surface area contributed by atoms with Crippen LogP contribution in [0.4, 0.5) is 4.79 Å². The van der Waals surface area contributed by atoms with Crippen molar-refractivity contribution in [3.8, 4) is 0 Å². The summed E-state index contributed by atoms with van der Waals surface area (Å²) < 4.78 is 0. The Labute approximate surface area is 106 Å². The van der Waals surface area contributed by atoms with Gasteiger partial charge in [0.2, 0.25) is 5.91 Å². The van der Waals surface area contributed by atoms with Gasteiger partial charge in [-0.05, 0) is 6.92 Å². The van der Waals surface area contributed by atoms with Crippen LogP contribution < -0.4 is 5.73 Å². The summed E-state index contributed by atoms with van der Waals surface area (Å²) in [4.78, 5) is 36.4. The van der Waals surface area contributed by atoms with Gasteiger partial charge in [-0.15, -0.1) is 0 Å². The Morgan fingerprint density at radius 1 is 1.44 bits per heavy atom. The summed E-state index contributed by atoms with van der Waals surface area (Å²) in [6, 6.07) is -0.259. The first kappa shape index (κ1) is 14.3. The van der Waals surface area contributed by atoms with Crippen LogP contribution in [0.25, 0.3) is 0 Å². The monoisotopic (exact) mass is 257 g/mol. The van der Waals surface area contributed by atoms with Crippen molar-refractivity contribution in [2.45, 2.75) is 13.8 Å². The summed E-state index contributed by atoms with van der Waals surface area (Å²) in [7, 11) is 0. The molecule has 0 aromatic heterocycles. The van der Waals surface area contributed by atoms with Crippen LogP contribution in [0.3, 0.4) is 0 Å². The SMILES string of the molecule is CCN(CC(N)=O)C(=O)N1CC(C(C)C(=O)O)C1. The minimum Gasteiger partial charge on any atom is -0.481 e. The van der Waals surface area contributed by atoms with Crippen molar-refractivity contribution in [3.63, 3.8) is 0 Å². The largest absolute Gasteiger partial charge is 0.481 e. The van der Waals surface area contributed by atoms with Gasteiger partial charge in [-0.25, -0.2) is 4.79 Å². The molecular formula is C11H19N3O4. The highest BCUT2D eigenvalue weighted by atomic mass is 16.4. The standard InChI is InChI=1S/C11H19N3O4/c1-3-13(6-9(12)15)11(18)14-4-8(5-14)7(2)10(16)17/h7-8H,3-6H2,1-2H3,(H2,12,15)(H,16,17). The molecule has 7 nitrogen and oxygen atoms in total. The zero-order chi connectivity index (χ0) is 13.9. The van der Waals surface area contributed by atoms with E-state index in [-0.39, 0.29) is 18.5 Å². The molecule has 102 valence electrons. The smallest absolute Gasteiger partial charge is 0.320 e. The zero-order valence-electron chi connectivity index (χ0n) is 10.6. The second kappa shape index (κ2) is 5.70. The lowest BCUT2D eigenvalue weighted by Crippen LogP contribution is -2.58. The van der Waals surface area contributed by atoms with Crippen LogP contribution in [0.5, 0.6) is 0 Å². The van der Waals surface area contributed by atoms with E-state index < -0.39 is 17.8 Å². The lowest BCUT2D eigenvalue weighted by molar-refractivity contribution is -0.144. The Bertz CT molecular complexity index is 352. The van der Waals surface area contributed by atoms with Crippen LogP contribution in [-0.4, -0.2) is 59.0 Å². The molecule has 0 aromatic carbocycles. The van der Waals surface area contributed by atoms with E-state index in [4.69, 9.17) is 10.8 Å². The van der Waals surface area contributed by atoms with Gasteiger partial charge in [0.25, 0.3) is 0 Å². The highest BCUT2D eigenvalue weighted by Crippen LogP contribution is 2.24. The first-order valence-electron chi connectivity index (χ1n) is 5.91. The molecule has 1 rings (SSSR count). The molecule has 1 fully saturated rings. The first-order valence-corrected chi connectivity index (χ1v) is 5.91. The summed E-state index contributed by atoms with van der Waals surface area (Å²) in [5.74, 6) is -1.88. The number of hydrogen-bond donors (Lipinski definition) is 2. The highest BCUT2D eigenvalue weighted by molar-refractivity contribution is 5.83. The summed E-state index contributed by atoms with van der Waals surface area (Å²) in [5.41, 5.74) is 5.05. The number of hydrogen-bond acceptors (Lipinski definition) is 3. The molecule has 7 heteroatoms. The molecule has 0 bridgehead atoms. The van der Waals surface area contributed by atoms with Crippen LogP contribution in [0, 0.1) is 11.8 Å². The maximum absolute atomic E-state index is 11.9.